The number of aryl methyl sites for hydroxylation is 1. The smallest absolute Gasteiger partial charge is 0.216 e. The van der Waals surface area contributed by atoms with E-state index in [9.17, 15) is 0 Å². The van der Waals surface area contributed by atoms with Gasteiger partial charge in [0.1, 0.15) is 5.69 Å². The molecule has 3 rings (SSSR count). The highest BCUT2D eigenvalue weighted by molar-refractivity contribution is 7.71. The number of benzene rings is 1. The van der Waals surface area contributed by atoms with Gasteiger partial charge < -0.3 is 0 Å². The predicted octanol–water partition coefficient (Wildman–Crippen LogP) is 3.19. The van der Waals surface area contributed by atoms with Gasteiger partial charge in [-0.15, -0.1) is 0 Å². The molecule has 0 unspecified atom stereocenters. The standard InChI is InChI=1S/C15H13N5S/c1-11-5-4-6-12(9-11)10-17-20-14(18-19-15(20)21)13-7-2-3-8-16-13/h2-10H,1H3,(H,19,21)/b17-10-. The van der Waals surface area contributed by atoms with Crippen molar-refractivity contribution in [2.75, 3.05) is 0 Å². The van der Waals surface area contributed by atoms with Crippen LogP contribution in [-0.4, -0.2) is 26.1 Å². The molecule has 5 nitrogen and oxygen atoms in total. The van der Waals surface area contributed by atoms with Gasteiger partial charge in [-0.1, -0.05) is 35.9 Å². The van der Waals surface area contributed by atoms with E-state index >= 15 is 0 Å². The lowest BCUT2D eigenvalue weighted by Crippen LogP contribution is -1.96. The van der Waals surface area contributed by atoms with Gasteiger partial charge in [-0.05, 0) is 36.8 Å². The number of aromatic nitrogens is 4. The number of hydrogen-bond acceptors (Lipinski definition) is 4. The van der Waals surface area contributed by atoms with E-state index in [1.165, 1.54) is 5.56 Å². The van der Waals surface area contributed by atoms with Gasteiger partial charge in [-0.25, -0.2) is 5.10 Å². The van der Waals surface area contributed by atoms with E-state index in [1.807, 2.05) is 49.4 Å². The molecule has 0 radical (unpaired) electrons. The number of aromatic amines is 1. The number of hydrogen-bond donors (Lipinski definition) is 1. The summed E-state index contributed by atoms with van der Waals surface area (Å²) in [6.45, 7) is 2.04. The van der Waals surface area contributed by atoms with Crippen molar-refractivity contribution in [1.29, 1.82) is 0 Å². The van der Waals surface area contributed by atoms with E-state index < -0.39 is 0 Å². The predicted molar refractivity (Wildman–Crippen MR) is 84.8 cm³/mol. The molecular weight excluding hydrogens is 282 g/mol. The Morgan fingerprint density at radius 1 is 1.24 bits per heavy atom. The summed E-state index contributed by atoms with van der Waals surface area (Å²) in [5, 5.41) is 11.3. The monoisotopic (exact) mass is 295 g/mol. The fraction of sp³-hybridized carbons (Fsp3) is 0.0667. The molecule has 2 aromatic heterocycles. The van der Waals surface area contributed by atoms with Crippen molar-refractivity contribution < 1.29 is 0 Å². The summed E-state index contributed by atoms with van der Waals surface area (Å²) in [6.07, 6.45) is 3.46. The van der Waals surface area contributed by atoms with Gasteiger partial charge in [-0.2, -0.15) is 14.9 Å². The van der Waals surface area contributed by atoms with Crippen molar-refractivity contribution in [2.45, 2.75) is 6.92 Å². The van der Waals surface area contributed by atoms with Crippen LogP contribution in [0.1, 0.15) is 11.1 Å². The van der Waals surface area contributed by atoms with Crippen molar-refractivity contribution in [2.24, 2.45) is 5.10 Å². The Morgan fingerprint density at radius 2 is 2.14 bits per heavy atom. The number of nitrogens with zero attached hydrogens (tertiary/aromatic N) is 4. The third-order valence-electron chi connectivity index (χ3n) is 2.91. The average molecular weight is 295 g/mol. The highest BCUT2D eigenvalue weighted by Crippen LogP contribution is 2.13. The second kappa shape index (κ2) is 5.80. The van der Waals surface area contributed by atoms with Crippen LogP contribution in [0.2, 0.25) is 0 Å². The lowest BCUT2D eigenvalue weighted by Gasteiger charge is -2.00. The van der Waals surface area contributed by atoms with Gasteiger partial charge in [0.15, 0.2) is 0 Å². The van der Waals surface area contributed by atoms with Crippen molar-refractivity contribution >= 4 is 18.4 Å². The maximum atomic E-state index is 5.22. The van der Waals surface area contributed by atoms with Crippen LogP contribution in [-0.2, 0) is 0 Å². The third kappa shape index (κ3) is 2.95. The molecule has 0 aliphatic carbocycles. The molecule has 0 aliphatic rings. The molecule has 0 fully saturated rings. The highest BCUT2D eigenvalue weighted by atomic mass is 32.1. The van der Waals surface area contributed by atoms with E-state index in [0.717, 1.165) is 5.56 Å². The molecule has 6 heteroatoms. The fourth-order valence-corrected chi connectivity index (χ4v) is 2.11. The van der Waals surface area contributed by atoms with Crippen LogP contribution in [0.15, 0.2) is 53.8 Å². The SMILES string of the molecule is Cc1cccc(/C=N\n2c(-c3ccccn3)n[nH]c2=S)c1. The second-order valence-electron chi connectivity index (χ2n) is 4.54. The Balaban J connectivity index is 2.00. The molecule has 0 aliphatic heterocycles. The molecule has 0 saturated heterocycles. The summed E-state index contributed by atoms with van der Waals surface area (Å²) in [5.41, 5.74) is 2.90. The average Bonchev–Trinajstić information content (AvgIpc) is 2.87. The second-order valence-corrected chi connectivity index (χ2v) is 4.92. The Bertz CT molecular complexity index is 833. The number of rotatable bonds is 3. The first kappa shape index (κ1) is 13.4. The minimum Gasteiger partial charge on any atom is -0.253 e. The van der Waals surface area contributed by atoms with Gasteiger partial charge in [0.05, 0.1) is 6.21 Å². The summed E-state index contributed by atoms with van der Waals surface area (Å²) in [5.74, 6) is 0.588. The molecular formula is C15H13N5S. The van der Waals surface area contributed by atoms with E-state index in [1.54, 1.807) is 17.1 Å². The summed E-state index contributed by atoms with van der Waals surface area (Å²) in [4.78, 5) is 4.27. The normalized spacial score (nSPS) is 11.1. The van der Waals surface area contributed by atoms with E-state index in [-0.39, 0.29) is 0 Å². The van der Waals surface area contributed by atoms with Crippen molar-refractivity contribution in [1.82, 2.24) is 19.9 Å². The van der Waals surface area contributed by atoms with Crippen molar-refractivity contribution in [3.8, 4) is 11.5 Å². The fourth-order valence-electron chi connectivity index (χ4n) is 1.93. The van der Waals surface area contributed by atoms with Crippen LogP contribution in [0.4, 0.5) is 0 Å². The molecule has 104 valence electrons. The van der Waals surface area contributed by atoms with Gasteiger partial charge in [0, 0.05) is 6.20 Å². The van der Waals surface area contributed by atoms with Gasteiger partial charge in [-0.3, -0.25) is 4.98 Å². The third-order valence-corrected chi connectivity index (χ3v) is 3.17. The number of pyridine rings is 1. The van der Waals surface area contributed by atoms with Gasteiger partial charge in [0.2, 0.25) is 10.6 Å². The summed E-state index contributed by atoms with van der Waals surface area (Å²) >= 11 is 5.22. The van der Waals surface area contributed by atoms with Crippen LogP contribution in [0.5, 0.6) is 0 Å². The summed E-state index contributed by atoms with van der Waals surface area (Å²) in [7, 11) is 0. The summed E-state index contributed by atoms with van der Waals surface area (Å²) in [6, 6.07) is 13.7. The van der Waals surface area contributed by atoms with Gasteiger partial charge in [0.25, 0.3) is 0 Å². The molecule has 1 aromatic carbocycles. The molecule has 21 heavy (non-hydrogen) atoms. The molecule has 1 N–H and O–H groups in total. The number of H-pyrrole nitrogens is 1. The first-order chi connectivity index (χ1) is 10.2. The number of nitrogens with one attached hydrogen (secondary N) is 1. The lowest BCUT2D eigenvalue weighted by molar-refractivity contribution is 0.867. The van der Waals surface area contributed by atoms with E-state index in [0.29, 0.717) is 16.3 Å². The molecule has 0 atom stereocenters. The van der Waals surface area contributed by atoms with Crippen LogP contribution in [0.25, 0.3) is 11.5 Å². The zero-order valence-corrected chi connectivity index (χ0v) is 12.2. The molecule has 0 saturated carbocycles. The van der Waals surface area contributed by atoms with Crippen LogP contribution in [0.3, 0.4) is 0 Å². The topological polar surface area (TPSA) is 58.9 Å². The largest absolute Gasteiger partial charge is 0.253 e. The lowest BCUT2D eigenvalue weighted by atomic mass is 10.2. The van der Waals surface area contributed by atoms with Crippen molar-refractivity contribution in [3.63, 3.8) is 0 Å². The van der Waals surface area contributed by atoms with Gasteiger partial charge >= 0.3 is 0 Å². The minimum atomic E-state index is 0.430. The maximum Gasteiger partial charge on any atom is 0.216 e. The van der Waals surface area contributed by atoms with Crippen molar-refractivity contribution in [3.05, 3.63) is 64.6 Å². The Labute approximate surface area is 127 Å². The molecule has 3 aromatic rings. The van der Waals surface area contributed by atoms with Crippen LogP contribution < -0.4 is 0 Å². The first-order valence-electron chi connectivity index (χ1n) is 6.44. The minimum absolute atomic E-state index is 0.430. The maximum absolute atomic E-state index is 5.22. The molecule has 2 heterocycles. The van der Waals surface area contributed by atoms with E-state index in [2.05, 4.69) is 20.3 Å². The molecule has 0 amide bonds. The highest BCUT2D eigenvalue weighted by Gasteiger charge is 2.08. The zero-order valence-electron chi connectivity index (χ0n) is 11.4. The van der Waals surface area contributed by atoms with Crippen LogP contribution in [0, 0.1) is 11.7 Å². The quantitative estimate of drug-likeness (QED) is 0.596. The Kier molecular flexibility index (Phi) is 3.70. The Hall–Kier alpha value is -2.60. The Morgan fingerprint density at radius 3 is 2.90 bits per heavy atom. The molecule has 0 bridgehead atoms. The van der Waals surface area contributed by atoms with Crippen LogP contribution >= 0.6 is 12.2 Å². The summed E-state index contributed by atoms with van der Waals surface area (Å²) < 4.78 is 2.00. The zero-order chi connectivity index (χ0) is 14.7. The van der Waals surface area contributed by atoms with E-state index in [4.69, 9.17) is 12.2 Å². The molecule has 0 spiro atoms. The first-order valence-corrected chi connectivity index (χ1v) is 6.85.